The van der Waals surface area contributed by atoms with Crippen molar-refractivity contribution in [2.75, 3.05) is 6.54 Å². The molecule has 5 N–H and O–H groups in total. The van der Waals surface area contributed by atoms with Crippen LogP contribution < -0.4 is 11.1 Å². The van der Waals surface area contributed by atoms with Crippen LogP contribution in [0.2, 0.25) is 0 Å². The maximum Gasteiger partial charge on any atom is 0.323 e. The van der Waals surface area contributed by atoms with E-state index in [9.17, 15) is 4.79 Å². The van der Waals surface area contributed by atoms with Gasteiger partial charge in [0, 0.05) is 6.54 Å². The number of carboxylic acids is 1. The fourth-order valence-corrected chi connectivity index (χ4v) is 0.876. The maximum absolute atomic E-state index is 10.6. The van der Waals surface area contributed by atoms with Crippen LogP contribution in [0.1, 0.15) is 26.7 Å². The molecule has 0 saturated carbocycles. The number of nitrogens with one attached hydrogen (secondary N) is 2. The van der Waals surface area contributed by atoms with Gasteiger partial charge >= 0.3 is 5.97 Å². The monoisotopic (exact) mass is 213 g/mol. The molecule has 1 unspecified atom stereocenters. The lowest BCUT2D eigenvalue weighted by atomic mass is 9.99. The van der Waals surface area contributed by atoms with Crippen molar-refractivity contribution in [2.24, 2.45) is 5.73 Å². The first-order chi connectivity index (χ1) is 6.86. The minimum Gasteiger partial charge on any atom is -0.480 e. The standard InChI is InChI=1S/C10H19N3O2/c1-8(11)13-7-5-3-4-6-10(2,12)9(14)15/h3-4H,5-7,12H2,1-2H3,(H2,11,13)(H,14,15). The molecule has 0 aromatic rings. The Morgan fingerprint density at radius 2 is 2.20 bits per heavy atom. The Morgan fingerprint density at radius 3 is 2.67 bits per heavy atom. The third kappa shape index (κ3) is 6.68. The number of amidine groups is 1. The summed E-state index contributed by atoms with van der Waals surface area (Å²) >= 11 is 0. The highest BCUT2D eigenvalue weighted by Crippen LogP contribution is 2.06. The van der Waals surface area contributed by atoms with E-state index in [1.54, 1.807) is 13.0 Å². The van der Waals surface area contributed by atoms with Crippen LogP contribution in [0, 0.1) is 5.41 Å². The molecule has 0 radical (unpaired) electrons. The van der Waals surface area contributed by atoms with Gasteiger partial charge in [0.05, 0.1) is 5.84 Å². The molecule has 0 aliphatic rings. The molecule has 0 bridgehead atoms. The molecule has 0 spiro atoms. The van der Waals surface area contributed by atoms with Gasteiger partial charge in [0.1, 0.15) is 5.54 Å². The molecule has 0 aliphatic heterocycles. The molecule has 1 atom stereocenters. The number of hydrogen-bond donors (Lipinski definition) is 4. The summed E-state index contributed by atoms with van der Waals surface area (Å²) in [5.74, 6) is -0.571. The largest absolute Gasteiger partial charge is 0.480 e. The first-order valence-electron chi connectivity index (χ1n) is 4.82. The molecular weight excluding hydrogens is 194 g/mol. The Labute approximate surface area is 89.9 Å². The van der Waals surface area contributed by atoms with E-state index in [2.05, 4.69) is 5.32 Å². The van der Waals surface area contributed by atoms with Gasteiger partial charge in [0.2, 0.25) is 0 Å². The van der Waals surface area contributed by atoms with E-state index >= 15 is 0 Å². The summed E-state index contributed by atoms with van der Waals surface area (Å²) in [6, 6.07) is 0. The van der Waals surface area contributed by atoms with Crippen LogP contribution in [-0.4, -0.2) is 29.0 Å². The lowest BCUT2D eigenvalue weighted by Gasteiger charge is -2.16. The van der Waals surface area contributed by atoms with Crippen LogP contribution in [0.5, 0.6) is 0 Å². The molecule has 5 heteroatoms. The van der Waals surface area contributed by atoms with Gasteiger partial charge in [-0.05, 0) is 26.7 Å². The van der Waals surface area contributed by atoms with Gasteiger partial charge in [-0.3, -0.25) is 10.2 Å². The van der Waals surface area contributed by atoms with Crippen molar-refractivity contribution >= 4 is 11.8 Å². The summed E-state index contributed by atoms with van der Waals surface area (Å²) in [7, 11) is 0. The minimum atomic E-state index is -1.19. The van der Waals surface area contributed by atoms with Crippen molar-refractivity contribution < 1.29 is 9.90 Å². The topological polar surface area (TPSA) is 99.2 Å². The zero-order valence-electron chi connectivity index (χ0n) is 9.21. The second-order valence-electron chi connectivity index (χ2n) is 3.74. The molecule has 5 nitrogen and oxygen atoms in total. The summed E-state index contributed by atoms with van der Waals surface area (Å²) in [5.41, 5.74) is 4.33. The fourth-order valence-electron chi connectivity index (χ4n) is 0.876. The van der Waals surface area contributed by atoms with Gasteiger partial charge in [0.25, 0.3) is 0 Å². The summed E-state index contributed by atoms with van der Waals surface area (Å²) in [6.07, 6.45) is 4.69. The van der Waals surface area contributed by atoms with Gasteiger partial charge in [-0.15, -0.1) is 0 Å². The lowest BCUT2D eigenvalue weighted by Crippen LogP contribution is -2.44. The van der Waals surface area contributed by atoms with Crippen molar-refractivity contribution in [1.29, 1.82) is 5.41 Å². The zero-order valence-corrected chi connectivity index (χ0v) is 9.21. The zero-order chi connectivity index (χ0) is 11.9. The van der Waals surface area contributed by atoms with E-state index in [1.165, 1.54) is 6.92 Å². The van der Waals surface area contributed by atoms with E-state index in [4.69, 9.17) is 16.2 Å². The molecular formula is C10H19N3O2. The number of carboxylic acid groups (broad SMARTS) is 1. The van der Waals surface area contributed by atoms with Crippen molar-refractivity contribution in [3.63, 3.8) is 0 Å². The predicted molar refractivity (Wildman–Crippen MR) is 60.0 cm³/mol. The minimum absolute atomic E-state index is 0.311. The Morgan fingerprint density at radius 1 is 1.60 bits per heavy atom. The molecule has 0 aromatic heterocycles. The normalized spacial score (nSPS) is 14.9. The van der Waals surface area contributed by atoms with Crippen LogP contribution in [0.15, 0.2) is 12.2 Å². The summed E-state index contributed by atoms with van der Waals surface area (Å²) in [6.45, 7) is 3.84. The number of nitrogens with two attached hydrogens (primary N) is 1. The highest BCUT2D eigenvalue weighted by atomic mass is 16.4. The van der Waals surface area contributed by atoms with Crippen LogP contribution in [0.25, 0.3) is 0 Å². The summed E-state index contributed by atoms with van der Waals surface area (Å²) in [4.78, 5) is 10.6. The second-order valence-corrected chi connectivity index (χ2v) is 3.74. The van der Waals surface area contributed by atoms with Crippen molar-refractivity contribution in [3.8, 4) is 0 Å². The average Bonchev–Trinajstić information content (AvgIpc) is 2.10. The quantitative estimate of drug-likeness (QED) is 0.226. The smallest absolute Gasteiger partial charge is 0.323 e. The second kappa shape index (κ2) is 6.19. The lowest BCUT2D eigenvalue weighted by molar-refractivity contribution is -0.142. The van der Waals surface area contributed by atoms with Gasteiger partial charge in [0.15, 0.2) is 0 Å². The first kappa shape index (κ1) is 13.6. The van der Waals surface area contributed by atoms with Crippen molar-refractivity contribution in [2.45, 2.75) is 32.2 Å². The number of carbonyl (C=O) groups is 1. The van der Waals surface area contributed by atoms with Crippen molar-refractivity contribution in [1.82, 2.24) is 5.32 Å². The summed E-state index contributed by atoms with van der Waals surface area (Å²) in [5, 5.41) is 18.7. The SMILES string of the molecule is CC(=N)NCCC=CCC(C)(N)C(=O)O. The molecule has 15 heavy (non-hydrogen) atoms. The molecule has 0 heterocycles. The molecule has 0 aromatic carbocycles. The van der Waals surface area contributed by atoms with Crippen LogP contribution in [-0.2, 0) is 4.79 Å². The molecule has 0 fully saturated rings. The van der Waals surface area contributed by atoms with Gasteiger partial charge in [-0.25, -0.2) is 0 Å². The van der Waals surface area contributed by atoms with E-state index < -0.39 is 11.5 Å². The Hall–Kier alpha value is -1.36. The Bertz CT molecular complexity index is 259. The average molecular weight is 213 g/mol. The molecule has 0 saturated heterocycles. The highest BCUT2D eigenvalue weighted by Gasteiger charge is 2.25. The maximum atomic E-state index is 10.6. The van der Waals surface area contributed by atoms with Gasteiger partial charge in [-0.2, -0.15) is 0 Å². The predicted octanol–water partition coefficient (Wildman–Crippen LogP) is 0.712. The Kier molecular flexibility index (Phi) is 5.62. The van der Waals surface area contributed by atoms with E-state index in [0.29, 0.717) is 18.8 Å². The Balaban J connectivity index is 3.71. The molecule has 0 aliphatic carbocycles. The van der Waals surface area contributed by atoms with E-state index in [0.717, 1.165) is 6.42 Å². The third-order valence-electron chi connectivity index (χ3n) is 1.90. The fraction of sp³-hybridized carbons (Fsp3) is 0.600. The molecule has 86 valence electrons. The van der Waals surface area contributed by atoms with E-state index in [1.807, 2.05) is 6.08 Å². The summed E-state index contributed by atoms with van der Waals surface area (Å²) < 4.78 is 0. The van der Waals surface area contributed by atoms with Gasteiger partial charge < -0.3 is 16.2 Å². The first-order valence-corrected chi connectivity index (χ1v) is 4.82. The van der Waals surface area contributed by atoms with Crippen LogP contribution >= 0.6 is 0 Å². The highest BCUT2D eigenvalue weighted by molar-refractivity contribution is 5.78. The third-order valence-corrected chi connectivity index (χ3v) is 1.90. The van der Waals surface area contributed by atoms with Crippen LogP contribution in [0.4, 0.5) is 0 Å². The van der Waals surface area contributed by atoms with Gasteiger partial charge in [-0.1, -0.05) is 12.2 Å². The number of rotatable bonds is 6. The van der Waals surface area contributed by atoms with Crippen LogP contribution in [0.3, 0.4) is 0 Å². The van der Waals surface area contributed by atoms with E-state index in [-0.39, 0.29) is 0 Å². The molecule has 0 rings (SSSR count). The number of aliphatic carboxylic acids is 1. The number of hydrogen-bond acceptors (Lipinski definition) is 3. The van der Waals surface area contributed by atoms with Crippen molar-refractivity contribution in [3.05, 3.63) is 12.2 Å². The molecule has 0 amide bonds.